The number of hydrogen-bond donors (Lipinski definition) is 3. The zero-order chi connectivity index (χ0) is 21.7. The van der Waals surface area contributed by atoms with Crippen LogP contribution in [-0.2, 0) is 22.4 Å². The molecule has 2 aromatic carbocycles. The molecule has 0 saturated carbocycles. The number of non-ortho nitro benzene ring substituents is 1. The molecule has 1 amide bonds. The smallest absolute Gasteiger partial charge is 0.341 e. The first-order valence-electron chi connectivity index (χ1n) is 9.66. The van der Waals surface area contributed by atoms with Crippen molar-refractivity contribution in [3.8, 4) is 0 Å². The first kappa shape index (κ1) is 21.3. The van der Waals surface area contributed by atoms with Gasteiger partial charge in [0.1, 0.15) is 0 Å². The van der Waals surface area contributed by atoms with E-state index in [0.717, 1.165) is 25.3 Å². The molecule has 1 atom stereocenters. The Balaban J connectivity index is 1.70. The lowest BCUT2D eigenvalue weighted by Gasteiger charge is -2.16. The number of carbonyl (C=O) groups excluding carboxylic acids is 2. The van der Waals surface area contributed by atoms with Gasteiger partial charge >= 0.3 is 5.97 Å². The Bertz CT molecular complexity index is 975. The van der Waals surface area contributed by atoms with Gasteiger partial charge in [-0.05, 0) is 55.5 Å². The standard InChI is InChI=1S/C21H23N3O6/c1-13(20(26)23-16-6-5-14-3-2-4-15(14)11-16)30-21(27)18-12-17(24(28)29)7-8-19(18)22-9-10-25/h5-8,11-13,22,25H,2-4,9-10H2,1H3,(H,23,26)/t13-/m0/s1. The van der Waals surface area contributed by atoms with E-state index in [1.54, 1.807) is 0 Å². The Labute approximate surface area is 173 Å². The molecular weight excluding hydrogens is 390 g/mol. The number of anilines is 2. The van der Waals surface area contributed by atoms with Crippen molar-refractivity contribution in [2.45, 2.75) is 32.3 Å². The van der Waals surface area contributed by atoms with Gasteiger partial charge < -0.3 is 20.5 Å². The number of hydrogen-bond acceptors (Lipinski definition) is 7. The highest BCUT2D eigenvalue weighted by Gasteiger charge is 2.23. The Kier molecular flexibility index (Phi) is 6.63. The molecule has 30 heavy (non-hydrogen) atoms. The second-order valence-electron chi connectivity index (χ2n) is 7.01. The predicted molar refractivity (Wildman–Crippen MR) is 111 cm³/mol. The van der Waals surface area contributed by atoms with Crippen LogP contribution in [0.2, 0.25) is 0 Å². The molecule has 0 spiro atoms. The molecule has 2 aromatic rings. The van der Waals surface area contributed by atoms with E-state index >= 15 is 0 Å². The van der Waals surface area contributed by atoms with Crippen LogP contribution < -0.4 is 10.6 Å². The van der Waals surface area contributed by atoms with E-state index in [1.807, 2.05) is 18.2 Å². The normalized spacial score (nSPS) is 13.3. The zero-order valence-corrected chi connectivity index (χ0v) is 16.5. The van der Waals surface area contributed by atoms with Gasteiger partial charge in [0.25, 0.3) is 11.6 Å². The van der Waals surface area contributed by atoms with Gasteiger partial charge in [-0.1, -0.05) is 6.07 Å². The van der Waals surface area contributed by atoms with Crippen molar-refractivity contribution in [1.82, 2.24) is 0 Å². The number of carbonyl (C=O) groups is 2. The number of nitro groups is 1. The van der Waals surface area contributed by atoms with Crippen molar-refractivity contribution in [3.05, 3.63) is 63.2 Å². The number of aryl methyl sites for hydroxylation is 2. The van der Waals surface area contributed by atoms with E-state index in [2.05, 4.69) is 10.6 Å². The van der Waals surface area contributed by atoms with Gasteiger partial charge in [-0.2, -0.15) is 0 Å². The van der Waals surface area contributed by atoms with Crippen LogP contribution in [0, 0.1) is 10.1 Å². The maximum Gasteiger partial charge on any atom is 0.341 e. The lowest BCUT2D eigenvalue weighted by atomic mass is 10.1. The summed E-state index contributed by atoms with van der Waals surface area (Å²) in [6.45, 7) is 1.39. The summed E-state index contributed by atoms with van der Waals surface area (Å²) in [6, 6.07) is 9.39. The zero-order valence-electron chi connectivity index (χ0n) is 16.5. The number of fused-ring (bicyclic) bond motifs is 1. The largest absolute Gasteiger partial charge is 0.449 e. The van der Waals surface area contributed by atoms with Gasteiger partial charge in [0, 0.05) is 30.1 Å². The molecule has 0 aliphatic heterocycles. The summed E-state index contributed by atoms with van der Waals surface area (Å²) in [6.07, 6.45) is 1.99. The molecule has 1 aliphatic rings. The van der Waals surface area contributed by atoms with Crippen LogP contribution in [0.4, 0.5) is 17.1 Å². The summed E-state index contributed by atoms with van der Waals surface area (Å²) >= 11 is 0. The molecule has 0 unspecified atom stereocenters. The average Bonchev–Trinajstić information content (AvgIpc) is 3.19. The predicted octanol–water partition coefficient (Wildman–Crippen LogP) is 2.67. The van der Waals surface area contributed by atoms with Gasteiger partial charge in [0.2, 0.25) is 0 Å². The van der Waals surface area contributed by atoms with E-state index in [-0.39, 0.29) is 30.1 Å². The number of aliphatic hydroxyl groups is 1. The summed E-state index contributed by atoms with van der Waals surface area (Å²) < 4.78 is 5.24. The lowest BCUT2D eigenvalue weighted by molar-refractivity contribution is -0.384. The van der Waals surface area contributed by atoms with Crippen molar-refractivity contribution in [2.75, 3.05) is 23.8 Å². The number of nitrogens with zero attached hydrogens (tertiary/aromatic N) is 1. The van der Waals surface area contributed by atoms with E-state index in [9.17, 15) is 19.7 Å². The average molecular weight is 413 g/mol. The molecule has 9 heteroatoms. The van der Waals surface area contributed by atoms with Crippen molar-refractivity contribution in [1.29, 1.82) is 0 Å². The number of nitrogens with one attached hydrogen (secondary N) is 2. The maximum absolute atomic E-state index is 12.6. The Morgan fingerprint density at radius 1 is 1.20 bits per heavy atom. The summed E-state index contributed by atoms with van der Waals surface area (Å²) in [5.74, 6) is -1.38. The van der Waals surface area contributed by atoms with Gasteiger partial charge in [-0.3, -0.25) is 14.9 Å². The highest BCUT2D eigenvalue weighted by molar-refractivity contribution is 6.00. The van der Waals surface area contributed by atoms with Crippen LogP contribution >= 0.6 is 0 Å². The summed E-state index contributed by atoms with van der Waals surface area (Å²) in [5, 5.41) is 25.6. The molecule has 9 nitrogen and oxygen atoms in total. The fourth-order valence-corrected chi connectivity index (χ4v) is 3.33. The van der Waals surface area contributed by atoms with Crippen molar-refractivity contribution >= 4 is 28.9 Å². The Morgan fingerprint density at radius 3 is 2.70 bits per heavy atom. The van der Waals surface area contributed by atoms with Crippen LogP contribution in [-0.4, -0.2) is 41.2 Å². The summed E-state index contributed by atoms with van der Waals surface area (Å²) in [5.41, 5.74) is 3.01. The third kappa shape index (κ3) is 4.93. The molecule has 1 aliphatic carbocycles. The first-order chi connectivity index (χ1) is 14.4. The fourth-order valence-electron chi connectivity index (χ4n) is 3.33. The SMILES string of the molecule is C[C@H](OC(=O)c1cc([N+](=O)[O-])ccc1NCCO)C(=O)Nc1ccc2c(c1)CCC2. The van der Waals surface area contributed by atoms with Crippen LogP contribution in [0.15, 0.2) is 36.4 Å². The third-order valence-corrected chi connectivity index (χ3v) is 4.88. The molecule has 0 bridgehead atoms. The van der Waals surface area contributed by atoms with Crippen LogP contribution in [0.3, 0.4) is 0 Å². The Hall–Kier alpha value is -3.46. The molecule has 0 aromatic heterocycles. The number of amides is 1. The number of benzene rings is 2. The minimum Gasteiger partial charge on any atom is -0.449 e. The lowest BCUT2D eigenvalue weighted by Crippen LogP contribution is -2.30. The maximum atomic E-state index is 12.6. The first-order valence-corrected chi connectivity index (χ1v) is 9.66. The number of nitro benzene ring substituents is 1. The van der Waals surface area contributed by atoms with E-state index < -0.39 is 22.9 Å². The van der Waals surface area contributed by atoms with Crippen molar-refractivity contribution in [2.24, 2.45) is 0 Å². The number of aliphatic hydroxyl groups excluding tert-OH is 1. The van der Waals surface area contributed by atoms with Crippen molar-refractivity contribution in [3.63, 3.8) is 0 Å². The van der Waals surface area contributed by atoms with E-state index in [4.69, 9.17) is 9.84 Å². The summed E-state index contributed by atoms with van der Waals surface area (Å²) in [4.78, 5) is 35.5. The quantitative estimate of drug-likeness (QED) is 0.344. The Morgan fingerprint density at radius 2 is 1.97 bits per heavy atom. The minimum atomic E-state index is -1.12. The molecular formula is C21H23N3O6. The van der Waals surface area contributed by atoms with Crippen molar-refractivity contribution < 1.29 is 24.4 Å². The second kappa shape index (κ2) is 9.36. The molecule has 158 valence electrons. The highest BCUT2D eigenvalue weighted by Crippen LogP contribution is 2.26. The number of ether oxygens (including phenoxy) is 1. The van der Waals surface area contributed by atoms with Gasteiger partial charge in [-0.25, -0.2) is 4.79 Å². The molecule has 0 heterocycles. The van der Waals surface area contributed by atoms with Gasteiger partial charge in [-0.15, -0.1) is 0 Å². The highest BCUT2D eigenvalue weighted by atomic mass is 16.6. The summed E-state index contributed by atoms with van der Waals surface area (Å²) in [7, 11) is 0. The monoisotopic (exact) mass is 413 g/mol. The van der Waals surface area contributed by atoms with Gasteiger partial charge in [0.05, 0.1) is 17.1 Å². The molecule has 3 N–H and O–H groups in total. The van der Waals surface area contributed by atoms with Gasteiger partial charge in [0.15, 0.2) is 6.10 Å². The molecule has 0 radical (unpaired) electrons. The number of rotatable bonds is 8. The van der Waals surface area contributed by atoms with Crippen LogP contribution in [0.25, 0.3) is 0 Å². The second-order valence-corrected chi connectivity index (χ2v) is 7.01. The molecule has 0 saturated heterocycles. The fraction of sp³-hybridized carbons (Fsp3) is 0.333. The minimum absolute atomic E-state index is 0.0881. The third-order valence-electron chi connectivity index (χ3n) is 4.88. The number of esters is 1. The topological polar surface area (TPSA) is 131 Å². The molecule has 3 rings (SSSR count). The van der Waals surface area contributed by atoms with Crippen LogP contribution in [0.1, 0.15) is 34.8 Å². The molecule has 0 fully saturated rings. The van der Waals surface area contributed by atoms with E-state index in [1.165, 1.54) is 30.2 Å². The van der Waals surface area contributed by atoms with E-state index in [0.29, 0.717) is 5.69 Å². The van der Waals surface area contributed by atoms with Crippen LogP contribution in [0.5, 0.6) is 0 Å².